The minimum Gasteiger partial charge on any atom is -0.480 e. The molecule has 1 aliphatic carbocycles. The maximum absolute atomic E-state index is 14.6. The second kappa shape index (κ2) is 39.3. The number of amides is 6. The number of rotatable bonds is 37. The van der Waals surface area contributed by atoms with Gasteiger partial charge in [-0.15, -0.1) is 0 Å². The molecule has 1 saturated heterocycles. The van der Waals surface area contributed by atoms with Crippen molar-refractivity contribution in [3.63, 3.8) is 0 Å². The van der Waals surface area contributed by atoms with Crippen LogP contribution in [0.4, 0.5) is 16.4 Å². The lowest BCUT2D eigenvalue weighted by Crippen LogP contribution is -2.61. The van der Waals surface area contributed by atoms with Gasteiger partial charge in [-0.25, -0.2) is 24.4 Å². The number of carbonyl (C=O) groups is 12. The Hall–Kier alpha value is -12.9. The van der Waals surface area contributed by atoms with Gasteiger partial charge in [0.1, 0.15) is 61.1 Å². The quantitative estimate of drug-likeness (QED) is 0.0115. The topological polar surface area (TPSA) is 647 Å². The third-order valence-corrected chi connectivity index (χ3v) is 22.6. The average molecular weight is 1720 g/mol. The highest BCUT2D eigenvalue weighted by Crippen LogP contribution is 2.49. The summed E-state index contributed by atoms with van der Waals surface area (Å²) < 4.78 is 48.6. The summed E-state index contributed by atoms with van der Waals surface area (Å²) in [6, 6.07) is 11.9. The van der Waals surface area contributed by atoms with Gasteiger partial charge in [0.25, 0.3) is 21.6 Å². The molecule has 7 aromatic rings. The van der Waals surface area contributed by atoms with Crippen molar-refractivity contribution in [1.82, 2.24) is 71.8 Å². The summed E-state index contributed by atoms with van der Waals surface area (Å²) in [5.74, 6) is -13.3. The van der Waals surface area contributed by atoms with E-state index >= 15 is 0 Å². The maximum atomic E-state index is 14.6. The van der Waals surface area contributed by atoms with E-state index < -0.39 is 192 Å². The van der Waals surface area contributed by atoms with Crippen LogP contribution >= 0.6 is 0 Å². The number of carbonyl (C=O) groups excluding carboxylic acids is 10. The Bertz CT molecular complexity index is 5700. The van der Waals surface area contributed by atoms with Crippen molar-refractivity contribution >= 4 is 126 Å². The highest BCUT2D eigenvalue weighted by Gasteiger charge is 2.49. The molecule has 5 aromatic heterocycles. The normalized spacial score (nSPS) is 19.6. The van der Waals surface area contributed by atoms with E-state index in [4.69, 9.17) is 29.9 Å². The number of nitrogens with zero attached hydrogens (tertiary/aromatic N) is 5. The second-order valence-corrected chi connectivity index (χ2v) is 31.9. The highest BCUT2D eigenvalue weighted by atomic mass is 32.2. The van der Waals surface area contributed by atoms with Crippen LogP contribution in [-0.4, -0.2) is 236 Å². The zero-order chi connectivity index (χ0) is 89.2. The molecule has 0 saturated carbocycles. The van der Waals surface area contributed by atoms with Crippen LogP contribution in [0.25, 0.3) is 33.2 Å². The number of hydrogen-bond acceptors (Lipinski definition) is 29. The summed E-state index contributed by atoms with van der Waals surface area (Å²) in [6.07, 6.45) is -12.1. The van der Waals surface area contributed by atoms with E-state index in [1.165, 1.54) is 55.6 Å². The van der Waals surface area contributed by atoms with Gasteiger partial charge in [0.2, 0.25) is 35.9 Å². The molecular formula is C81H94N16O25S. The molecule has 4 aliphatic rings. The van der Waals surface area contributed by atoms with Crippen LogP contribution in [0.5, 0.6) is 5.75 Å². The summed E-state index contributed by atoms with van der Waals surface area (Å²) >= 11 is 0. The Morgan fingerprint density at radius 3 is 2.11 bits per heavy atom. The number of nitrogens with one attached hydrogen (secondary N) is 10. The number of nitrogens with two attached hydrogens (primary N) is 1. The van der Waals surface area contributed by atoms with Gasteiger partial charge >= 0.3 is 18.0 Å². The molecule has 8 heterocycles. The number of ether oxygens (including phenoxy) is 3. The lowest BCUT2D eigenvalue weighted by atomic mass is 9.83. The first-order chi connectivity index (χ1) is 58.4. The molecular weight excluding hydrogens is 1630 g/mol. The predicted octanol–water partition coefficient (Wildman–Crippen LogP) is 2.03. The van der Waals surface area contributed by atoms with Gasteiger partial charge in [-0.1, -0.05) is 26.8 Å². The first-order valence-electron chi connectivity index (χ1n) is 39.4. The lowest BCUT2D eigenvalue weighted by molar-refractivity contribution is -0.271. The highest BCUT2D eigenvalue weighted by molar-refractivity contribution is 7.85. The molecule has 12 atom stereocenters. The van der Waals surface area contributed by atoms with Gasteiger partial charge < -0.3 is 97.8 Å². The van der Waals surface area contributed by atoms with Crippen LogP contribution in [0.1, 0.15) is 196 Å². The third-order valence-electron chi connectivity index (χ3n) is 21.8. The zero-order valence-electron chi connectivity index (χ0n) is 67.5. The first-order valence-corrected chi connectivity index (χ1v) is 41.1. The number of aliphatic hydroxyl groups is 4. The largest absolute Gasteiger partial charge is 0.480 e. The number of aliphatic carboxylic acids is 2. The summed E-state index contributed by atoms with van der Waals surface area (Å²) in [5.41, 5.74) is 12.9. The lowest BCUT2D eigenvalue weighted by Gasteiger charge is -2.38. The van der Waals surface area contributed by atoms with Gasteiger partial charge in [0, 0.05) is 137 Å². The maximum Gasteiger partial charge on any atom is 0.407 e. The monoisotopic (exact) mass is 1720 g/mol. The number of alkyl carbamates (subject to hydrolysis) is 1. The molecule has 1 fully saturated rings. The second-order valence-electron chi connectivity index (χ2n) is 30.3. The number of aromatic amines is 3. The van der Waals surface area contributed by atoms with Crippen molar-refractivity contribution in [3.8, 4) is 5.75 Å². The molecule has 0 spiro atoms. The Balaban J connectivity index is 0.704. The number of ketones is 4. The fraction of sp³-hybridized carbons (Fsp3) is 0.432. The zero-order valence-corrected chi connectivity index (χ0v) is 68.3. The standard InChI is InChI=1S/C81H94N16O25S/c1-7-46-35(2)49-29-54-61(39(6)99)37(4)51(91-54)27-50-36(3)47(65(93-50)64-63(56(101)33-98)68(105)62-38(5)52(94-66(62)64)28-53(46)90-49)15-18-58(102)83-21-22-86-81(116)120-34-40-10-17-57(121-79-71(108)69(106)70(107)72(122-79)78(114)115)42(25-40)26-45(100)9-8-20-85-75(110)55(30-60(104)84-23-24-123(117,118)119)92-59(103)19-16-48(77(112)113)95-74(109)41-11-13-43(14-12-41)87-31-44-32-88-73-67(89-44)76(111)97-80(82)96-73/h10-14,17,25,27-29,32,35-36,46-48,55,63,69-72,79,87,91,94,98,106-108H,7-9,15-16,18-24,26,30-31,33-34H2,1-6H3,(H,83,102)(H,84,104)(H,85,110)(H,86,116)(H,92,103)(H,95,109)(H,112,113)(H,114,115)(H,117,118,119)(H3,82,88,96,97,111)/t35-,36+,46-,47+,48+,55+,63?,69-,70-,71+,72-,79+/m1/s1. The number of carboxylic acid groups (broad SMARTS) is 2. The van der Waals surface area contributed by atoms with Crippen LogP contribution < -0.4 is 53.2 Å². The number of fused-ring (bicyclic) bond motifs is 9. The van der Waals surface area contributed by atoms with Crippen molar-refractivity contribution < 1.29 is 115 Å². The summed E-state index contributed by atoms with van der Waals surface area (Å²) in [4.78, 5) is 205. The molecule has 123 heavy (non-hydrogen) atoms. The van der Waals surface area contributed by atoms with Crippen LogP contribution in [0.3, 0.4) is 0 Å². The number of H-pyrrole nitrogens is 3. The fourth-order valence-corrected chi connectivity index (χ4v) is 15.7. The molecule has 11 rings (SSSR count). The minimum absolute atomic E-state index is 0.0101. The number of aromatic nitrogens is 8. The van der Waals surface area contributed by atoms with Crippen LogP contribution in [-0.2, 0) is 77.5 Å². The van der Waals surface area contributed by atoms with Gasteiger partial charge in [0.15, 0.2) is 34.6 Å². The average Bonchev–Trinajstić information content (AvgIpc) is 1.56. The van der Waals surface area contributed by atoms with Crippen molar-refractivity contribution in [3.05, 3.63) is 150 Å². The van der Waals surface area contributed by atoms with E-state index in [0.717, 1.165) is 17.8 Å². The van der Waals surface area contributed by atoms with Crippen molar-refractivity contribution in [2.75, 3.05) is 49.6 Å². The number of benzene rings is 2. The van der Waals surface area contributed by atoms with E-state index in [9.17, 15) is 106 Å². The van der Waals surface area contributed by atoms with Crippen LogP contribution in [0, 0.1) is 13.8 Å². The van der Waals surface area contributed by atoms with E-state index in [1.807, 2.05) is 32.0 Å². The Kier molecular flexibility index (Phi) is 29.1. The smallest absolute Gasteiger partial charge is 0.407 e. The molecule has 8 bridgehead atoms. The molecule has 19 N–H and O–H groups in total. The Morgan fingerprint density at radius 1 is 0.715 bits per heavy atom. The van der Waals surface area contributed by atoms with Crippen molar-refractivity contribution in [2.45, 2.75) is 185 Å². The van der Waals surface area contributed by atoms with Crippen LogP contribution in [0.15, 0.2) is 71.7 Å². The van der Waals surface area contributed by atoms with Gasteiger partial charge in [-0.3, -0.25) is 67.5 Å². The fourth-order valence-electron chi connectivity index (χ4n) is 15.3. The van der Waals surface area contributed by atoms with Crippen molar-refractivity contribution in [1.29, 1.82) is 0 Å². The Labute approximate surface area is 700 Å². The molecule has 3 aliphatic heterocycles. The van der Waals surface area contributed by atoms with Crippen molar-refractivity contribution in [2.24, 2.45) is 0 Å². The molecule has 1 unspecified atom stereocenters. The van der Waals surface area contributed by atoms with E-state index in [1.54, 1.807) is 6.92 Å². The minimum atomic E-state index is -4.56. The molecule has 41 nitrogen and oxygen atoms in total. The van der Waals surface area contributed by atoms with Crippen LogP contribution in [0.2, 0.25) is 0 Å². The summed E-state index contributed by atoms with van der Waals surface area (Å²) in [5, 5.41) is 79.6. The molecule has 654 valence electrons. The number of nitrogen functional groups attached to an aromatic ring is 1. The van der Waals surface area contributed by atoms with Gasteiger partial charge in [-0.05, 0) is 118 Å². The number of aryl methyl sites for hydroxylation is 2. The number of carboxylic acids is 2. The summed E-state index contributed by atoms with van der Waals surface area (Å²) in [6.45, 7) is 8.60. The molecule has 0 radical (unpaired) electrons. The number of Topliss-reactive ketones (excluding diaryl/α,β-unsaturated/α-hetero) is 4. The van der Waals surface area contributed by atoms with E-state index in [2.05, 4.69) is 81.0 Å². The number of hydrogen-bond donors (Lipinski definition) is 18. The molecule has 2 aromatic carbocycles. The third kappa shape index (κ3) is 21.7. The Morgan fingerprint density at radius 2 is 1.41 bits per heavy atom. The number of aliphatic hydroxyl groups excluding tert-OH is 4. The van der Waals surface area contributed by atoms with E-state index in [0.29, 0.717) is 61.5 Å². The predicted molar refractivity (Wildman–Crippen MR) is 435 cm³/mol. The number of anilines is 2. The molecule has 6 amide bonds. The van der Waals surface area contributed by atoms with E-state index in [-0.39, 0.29) is 120 Å². The molecule has 42 heteroatoms. The van der Waals surface area contributed by atoms with Gasteiger partial charge in [0.05, 0.1) is 47.3 Å². The SMILES string of the molecule is CC[C@H]1c2cc3[nH]c4c(c3C)C(=O)C(C(=O)CO)c4c3nc(cc4[nH]c(cc(n2)[C@@H]1C)c(C(C)=O)c4C)[C@@H](C)[C@@H]3CCC(=O)NCCNC(=O)OCc1ccc(O[C@H]2O[C@@H](C(=O)O)[C@H](O)[C@@H](O)[C@@H]2O)c(CC(=O)CCCNC(=O)[C@H](CC(=O)NCCS(=O)(=O)O)NC(=O)CC[C@H](NC(=O)c2ccc(NCc3cnc4nc(N)[nH]c(=O)c4n3)cc2)C(=O)O)c1. The first kappa shape index (κ1) is 90.9. The summed E-state index contributed by atoms with van der Waals surface area (Å²) in [7, 11) is -4.56. The van der Waals surface area contributed by atoms with Gasteiger partial charge in [-0.2, -0.15) is 13.4 Å².